The van der Waals surface area contributed by atoms with Gasteiger partial charge in [-0.2, -0.15) is 0 Å². The Morgan fingerprint density at radius 3 is 2.32 bits per heavy atom. The van der Waals surface area contributed by atoms with Crippen molar-refractivity contribution < 1.29 is 4.74 Å². The Bertz CT molecular complexity index is 826. The van der Waals surface area contributed by atoms with E-state index in [1.54, 1.807) is 18.9 Å². The second kappa shape index (κ2) is 7.61. The molecule has 1 heterocycles. The minimum absolute atomic E-state index is 0.542. The summed E-state index contributed by atoms with van der Waals surface area (Å²) in [5.41, 5.74) is 3.49. The fourth-order valence-corrected chi connectivity index (χ4v) is 3.27. The first-order valence-electron chi connectivity index (χ1n) is 8.15. The van der Waals surface area contributed by atoms with Gasteiger partial charge in [0, 0.05) is 11.3 Å². The number of nitrogens with zero attached hydrogens (tertiary/aromatic N) is 3. The molecule has 0 atom stereocenters. The molecule has 3 rings (SSSR count). The number of hydrogen-bond donors (Lipinski definition) is 1. The molecule has 0 saturated heterocycles. The number of benzene rings is 2. The average Bonchev–Trinajstić information content (AvgIpc) is 3.01. The Balaban J connectivity index is 1.70. The Morgan fingerprint density at radius 2 is 1.72 bits per heavy atom. The second-order valence-electron chi connectivity index (χ2n) is 6.09. The topological polar surface area (TPSA) is 66.0 Å². The highest BCUT2D eigenvalue weighted by molar-refractivity contribution is 7.98. The third-order valence-electron chi connectivity index (χ3n) is 4.03. The predicted molar refractivity (Wildman–Crippen MR) is 102 cm³/mol. The van der Waals surface area contributed by atoms with Crippen molar-refractivity contribution in [1.82, 2.24) is 14.9 Å². The van der Waals surface area contributed by atoms with Crippen molar-refractivity contribution in [3.63, 3.8) is 0 Å². The summed E-state index contributed by atoms with van der Waals surface area (Å²) in [6.45, 7) is 4.39. The van der Waals surface area contributed by atoms with E-state index in [1.165, 1.54) is 15.8 Å². The van der Waals surface area contributed by atoms with E-state index in [0.717, 1.165) is 17.1 Å². The summed E-state index contributed by atoms with van der Waals surface area (Å²) in [5.74, 6) is 8.95. The van der Waals surface area contributed by atoms with E-state index < -0.39 is 0 Å². The van der Waals surface area contributed by atoms with Gasteiger partial charge in [-0.3, -0.25) is 0 Å². The van der Waals surface area contributed by atoms with Crippen molar-refractivity contribution in [2.45, 2.75) is 30.7 Å². The van der Waals surface area contributed by atoms with Crippen LogP contribution in [-0.2, 0) is 5.75 Å². The van der Waals surface area contributed by atoms with Crippen LogP contribution in [0.25, 0.3) is 11.4 Å². The van der Waals surface area contributed by atoms with E-state index in [4.69, 9.17) is 10.6 Å². The summed E-state index contributed by atoms with van der Waals surface area (Å²) >= 11 is 1.58. The minimum Gasteiger partial charge on any atom is -0.497 e. The molecule has 0 unspecified atom stereocenters. The van der Waals surface area contributed by atoms with Gasteiger partial charge < -0.3 is 10.6 Å². The summed E-state index contributed by atoms with van der Waals surface area (Å²) in [5, 5.41) is 9.13. The number of hydrogen-bond acceptors (Lipinski definition) is 5. The summed E-state index contributed by atoms with van der Waals surface area (Å²) in [4.78, 5) is 0. The molecule has 0 aliphatic carbocycles. The maximum absolute atomic E-state index is 6.17. The van der Waals surface area contributed by atoms with Gasteiger partial charge in [0.05, 0.1) is 7.11 Å². The highest BCUT2D eigenvalue weighted by Crippen LogP contribution is 2.26. The van der Waals surface area contributed by atoms with Crippen molar-refractivity contribution >= 4 is 11.8 Å². The molecule has 2 aromatic carbocycles. The largest absolute Gasteiger partial charge is 0.497 e. The van der Waals surface area contributed by atoms with Crippen LogP contribution in [0.1, 0.15) is 30.9 Å². The van der Waals surface area contributed by atoms with E-state index in [1.807, 2.05) is 24.3 Å². The number of thioether (sulfide) groups is 1. The molecule has 0 aliphatic heterocycles. The van der Waals surface area contributed by atoms with Crippen LogP contribution in [0.5, 0.6) is 5.75 Å². The molecule has 0 bridgehead atoms. The lowest BCUT2D eigenvalue weighted by atomic mass is 10.0. The lowest BCUT2D eigenvalue weighted by Gasteiger charge is -2.07. The van der Waals surface area contributed by atoms with Gasteiger partial charge in [0.15, 0.2) is 5.82 Å². The molecule has 0 amide bonds. The molecule has 0 saturated carbocycles. The van der Waals surface area contributed by atoms with Gasteiger partial charge in [-0.25, -0.2) is 4.68 Å². The number of nitrogen functional groups attached to an aromatic ring is 1. The molecule has 1 aromatic heterocycles. The van der Waals surface area contributed by atoms with E-state index in [-0.39, 0.29) is 0 Å². The van der Waals surface area contributed by atoms with Gasteiger partial charge >= 0.3 is 0 Å². The lowest BCUT2D eigenvalue weighted by molar-refractivity contribution is 0.415. The maximum Gasteiger partial charge on any atom is 0.210 e. The van der Waals surface area contributed by atoms with Crippen LogP contribution in [0.4, 0.5) is 0 Å². The molecular weight excluding hydrogens is 332 g/mol. The van der Waals surface area contributed by atoms with Crippen LogP contribution in [-0.4, -0.2) is 22.0 Å². The number of aromatic nitrogens is 3. The molecule has 0 aliphatic rings. The molecule has 0 fully saturated rings. The van der Waals surface area contributed by atoms with Gasteiger partial charge in [0.2, 0.25) is 5.16 Å². The van der Waals surface area contributed by atoms with Crippen LogP contribution in [0, 0.1) is 0 Å². The smallest absolute Gasteiger partial charge is 0.210 e. The minimum atomic E-state index is 0.542. The molecule has 0 spiro atoms. The predicted octanol–water partition coefficient (Wildman–Crippen LogP) is 4.08. The number of nitrogens with two attached hydrogens (primary N) is 1. The summed E-state index contributed by atoms with van der Waals surface area (Å²) in [6, 6.07) is 16.3. The normalized spacial score (nSPS) is 11.0. The zero-order chi connectivity index (χ0) is 17.8. The quantitative estimate of drug-likeness (QED) is 0.534. The van der Waals surface area contributed by atoms with Crippen molar-refractivity contribution in [2.75, 3.05) is 13.0 Å². The Kier molecular flexibility index (Phi) is 5.28. The molecule has 130 valence electrons. The van der Waals surface area contributed by atoms with Crippen molar-refractivity contribution in [2.24, 2.45) is 0 Å². The van der Waals surface area contributed by atoms with Gasteiger partial charge in [-0.15, -0.1) is 10.2 Å². The Labute approximate surface area is 152 Å². The third kappa shape index (κ3) is 3.96. The van der Waals surface area contributed by atoms with Crippen molar-refractivity contribution in [1.29, 1.82) is 0 Å². The van der Waals surface area contributed by atoms with E-state index >= 15 is 0 Å². The van der Waals surface area contributed by atoms with E-state index in [9.17, 15) is 0 Å². The molecule has 5 nitrogen and oxygen atoms in total. The van der Waals surface area contributed by atoms with Crippen LogP contribution in [0.15, 0.2) is 53.7 Å². The highest BCUT2D eigenvalue weighted by atomic mass is 32.2. The van der Waals surface area contributed by atoms with Crippen molar-refractivity contribution in [3.8, 4) is 17.1 Å². The van der Waals surface area contributed by atoms with Crippen LogP contribution in [0.2, 0.25) is 0 Å². The molecule has 25 heavy (non-hydrogen) atoms. The Hall–Kier alpha value is -2.47. The molecule has 3 aromatic rings. The summed E-state index contributed by atoms with van der Waals surface area (Å²) in [6.07, 6.45) is 0. The monoisotopic (exact) mass is 354 g/mol. The fourth-order valence-electron chi connectivity index (χ4n) is 2.46. The van der Waals surface area contributed by atoms with Crippen LogP contribution in [0.3, 0.4) is 0 Å². The van der Waals surface area contributed by atoms with Gasteiger partial charge in [-0.05, 0) is 41.3 Å². The van der Waals surface area contributed by atoms with Gasteiger partial charge in [-0.1, -0.05) is 49.9 Å². The first-order valence-corrected chi connectivity index (χ1v) is 9.13. The van der Waals surface area contributed by atoms with Gasteiger partial charge in [0.25, 0.3) is 0 Å². The number of ether oxygens (including phenoxy) is 1. The number of methoxy groups -OCH3 is 1. The first kappa shape index (κ1) is 17.4. The Morgan fingerprint density at radius 1 is 1.04 bits per heavy atom. The first-order chi connectivity index (χ1) is 12.1. The van der Waals surface area contributed by atoms with E-state index in [0.29, 0.717) is 16.9 Å². The highest BCUT2D eigenvalue weighted by Gasteiger charge is 2.12. The average molecular weight is 354 g/mol. The molecular formula is C19H22N4OS. The summed E-state index contributed by atoms with van der Waals surface area (Å²) in [7, 11) is 1.64. The fraction of sp³-hybridized carbons (Fsp3) is 0.263. The molecule has 0 radical (unpaired) electrons. The zero-order valence-electron chi connectivity index (χ0n) is 14.6. The van der Waals surface area contributed by atoms with Crippen molar-refractivity contribution in [3.05, 3.63) is 59.7 Å². The standard InChI is InChI=1S/C19H22N4OS/c1-13(2)15-6-4-14(5-7-15)12-25-19-22-21-18(23(19)20)16-8-10-17(24-3)11-9-16/h4-11,13H,12,20H2,1-3H3. The lowest BCUT2D eigenvalue weighted by Crippen LogP contribution is -2.11. The maximum atomic E-state index is 6.17. The third-order valence-corrected chi connectivity index (χ3v) is 5.04. The molecule has 2 N–H and O–H groups in total. The number of rotatable bonds is 6. The van der Waals surface area contributed by atoms with Crippen LogP contribution >= 0.6 is 11.8 Å². The van der Waals surface area contributed by atoms with Gasteiger partial charge in [0.1, 0.15) is 5.75 Å². The molecule has 6 heteroatoms. The van der Waals surface area contributed by atoms with E-state index in [2.05, 4.69) is 48.3 Å². The van der Waals surface area contributed by atoms with Crippen LogP contribution < -0.4 is 10.6 Å². The zero-order valence-corrected chi connectivity index (χ0v) is 15.5. The second-order valence-corrected chi connectivity index (χ2v) is 7.03. The SMILES string of the molecule is COc1ccc(-c2nnc(SCc3ccc(C(C)C)cc3)n2N)cc1. The summed E-state index contributed by atoms with van der Waals surface area (Å²) < 4.78 is 6.71.